The zero-order valence-electron chi connectivity index (χ0n) is 14.0. The van der Waals surface area contributed by atoms with Crippen molar-refractivity contribution in [3.63, 3.8) is 0 Å². The van der Waals surface area contributed by atoms with Crippen LogP contribution in [0, 0.1) is 5.92 Å². The zero-order valence-corrected chi connectivity index (χ0v) is 14.0. The van der Waals surface area contributed by atoms with E-state index in [1.165, 1.54) is 0 Å². The van der Waals surface area contributed by atoms with E-state index in [0.29, 0.717) is 26.2 Å². The molecule has 0 saturated carbocycles. The predicted octanol–water partition coefficient (Wildman–Crippen LogP) is 2.04. The Morgan fingerprint density at radius 3 is 2.39 bits per heavy atom. The first-order chi connectivity index (χ1) is 11.0. The van der Waals surface area contributed by atoms with Crippen LogP contribution in [-0.4, -0.2) is 54.9 Å². The van der Waals surface area contributed by atoms with E-state index in [9.17, 15) is 9.59 Å². The van der Waals surface area contributed by atoms with Gasteiger partial charge in [-0.15, -0.1) is 0 Å². The van der Waals surface area contributed by atoms with E-state index in [-0.39, 0.29) is 17.7 Å². The number of benzene rings is 1. The molecule has 1 saturated heterocycles. The quantitative estimate of drug-likeness (QED) is 0.799. The topological polar surface area (TPSA) is 49.9 Å². The molecule has 5 heteroatoms. The van der Waals surface area contributed by atoms with Gasteiger partial charge in [-0.1, -0.05) is 26.0 Å². The molecule has 0 unspecified atom stereocenters. The van der Waals surface area contributed by atoms with Gasteiger partial charge >= 0.3 is 0 Å². The summed E-state index contributed by atoms with van der Waals surface area (Å²) in [4.78, 5) is 27.8. The minimum Gasteiger partial charge on any atom is -0.497 e. The van der Waals surface area contributed by atoms with Crippen LogP contribution in [-0.2, 0) is 9.59 Å². The van der Waals surface area contributed by atoms with Crippen LogP contribution < -0.4 is 4.74 Å². The Morgan fingerprint density at radius 1 is 1.13 bits per heavy atom. The van der Waals surface area contributed by atoms with Crippen molar-refractivity contribution in [2.75, 3.05) is 33.3 Å². The molecule has 0 N–H and O–H groups in total. The normalized spacial score (nSPS) is 15.3. The van der Waals surface area contributed by atoms with Gasteiger partial charge in [0, 0.05) is 38.2 Å². The lowest BCUT2D eigenvalue weighted by molar-refractivity contribution is -0.139. The molecule has 0 aliphatic carbocycles. The largest absolute Gasteiger partial charge is 0.497 e. The molecule has 0 aromatic heterocycles. The summed E-state index contributed by atoms with van der Waals surface area (Å²) in [5, 5.41) is 0. The molecule has 1 fully saturated rings. The Labute approximate surface area is 137 Å². The van der Waals surface area contributed by atoms with Gasteiger partial charge in [-0.2, -0.15) is 0 Å². The fourth-order valence-corrected chi connectivity index (χ4v) is 2.53. The molecule has 1 heterocycles. The summed E-state index contributed by atoms with van der Waals surface area (Å²) in [5.74, 6) is 0.902. The van der Waals surface area contributed by atoms with Crippen LogP contribution >= 0.6 is 0 Å². The number of piperazine rings is 1. The van der Waals surface area contributed by atoms with Crippen molar-refractivity contribution >= 4 is 17.9 Å². The smallest absolute Gasteiger partial charge is 0.246 e. The van der Waals surface area contributed by atoms with Crippen molar-refractivity contribution in [2.45, 2.75) is 13.8 Å². The van der Waals surface area contributed by atoms with Crippen LogP contribution in [0.1, 0.15) is 19.4 Å². The maximum Gasteiger partial charge on any atom is 0.246 e. The second kappa shape index (κ2) is 7.81. The highest BCUT2D eigenvalue weighted by Gasteiger charge is 2.24. The third-order valence-electron chi connectivity index (χ3n) is 3.91. The minimum atomic E-state index is -0.0236. The lowest BCUT2D eigenvalue weighted by atomic mass is 10.1. The fourth-order valence-electron chi connectivity index (χ4n) is 2.53. The first kappa shape index (κ1) is 17.1. The van der Waals surface area contributed by atoms with Gasteiger partial charge in [0.25, 0.3) is 0 Å². The minimum absolute atomic E-state index is 0.00482. The van der Waals surface area contributed by atoms with Gasteiger partial charge < -0.3 is 14.5 Å². The number of carbonyl (C=O) groups is 2. The maximum atomic E-state index is 12.2. The summed E-state index contributed by atoms with van der Waals surface area (Å²) < 4.78 is 5.16. The van der Waals surface area contributed by atoms with Gasteiger partial charge in [-0.05, 0) is 23.8 Å². The van der Waals surface area contributed by atoms with Crippen molar-refractivity contribution < 1.29 is 14.3 Å². The zero-order chi connectivity index (χ0) is 16.8. The van der Waals surface area contributed by atoms with Gasteiger partial charge in [-0.25, -0.2) is 0 Å². The molecule has 2 rings (SSSR count). The lowest BCUT2D eigenvalue weighted by Gasteiger charge is -2.35. The first-order valence-corrected chi connectivity index (χ1v) is 7.91. The second-order valence-corrected chi connectivity index (χ2v) is 5.92. The van der Waals surface area contributed by atoms with Crippen LogP contribution in [0.3, 0.4) is 0 Å². The Bertz CT molecular complexity index is 588. The van der Waals surface area contributed by atoms with Crippen LogP contribution in [0.15, 0.2) is 30.3 Å². The molecular formula is C18H24N2O3. The average molecular weight is 316 g/mol. The molecule has 1 aliphatic rings. The Kier molecular flexibility index (Phi) is 5.79. The summed E-state index contributed by atoms with van der Waals surface area (Å²) >= 11 is 0. The van der Waals surface area contributed by atoms with Crippen LogP contribution in [0.2, 0.25) is 0 Å². The average Bonchev–Trinajstić information content (AvgIpc) is 2.59. The van der Waals surface area contributed by atoms with E-state index in [0.717, 1.165) is 11.3 Å². The monoisotopic (exact) mass is 316 g/mol. The highest BCUT2D eigenvalue weighted by Crippen LogP contribution is 2.14. The number of hydrogen-bond acceptors (Lipinski definition) is 3. The number of hydrogen-bond donors (Lipinski definition) is 0. The fraction of sp³-hybridized carbons (Fsp3) is 0.444. The molecule has 5 nitrogen and oxygen atoms in total. The van der Waals surface area contributed by atoms with Gasteiger partial charge in [0.15, 0.2) is 0 Å². The lowest BCUT2D eigenvalue weighted by Crippen LogP contribution is -2.51. The third-order valence-corrected chi connectivity index (χ3v) is 3.91. The SMILES string of the molecule is COc1cccc(/C=C/C(=O)N2CCN(C(=O)C(C)C)CC2)c1. The maximum absolute atomic E-state index is 12.2. The second-order valence-electron chi connectivity index (χ2n) is 5.92. The van der Waals surface area contributed by atoms with Crippen LogP contribution in [0.25, 0.3) is 6.08 Å². The van der Waals surface area contributed by atoms with Crippen LogP contribution in [0.4, 0.5) is 0 Å². The van der Waals surface area contributed by atoms with E-state index in [4.69, 9.17) is 4.74 Å². The highest BCUT2D eigenvalue weighted by molar-refractivity contribution is 5.92. The summed E-state index contributed by atoms with van der Waals surface area (Å²) in [6.07, 6.45) is 3.37. The molecule has 23 heavy (non-hydrogen) atoms. The number of amides is 2. The number of ether oxygens (including phenoxy) is 1. The Hall–Kier alpha value is -2.30. The van der Waals surface area contributed by atoms with E-state index < -0.39 is 0 Å². The molecule has 0 radical (unpaired) electrons. The molecule has 1 aromatic rings. The first-order valence-electron chi connectivity index (χ1n) is 7.91. The van der Waals surface area contributed by atoms with E-state index in [1.54, 1.807) is 24.2 Å². The molecule has 124 valence electrons. The van der Waals surface area contributed by atoms with Gasteiger partial charge in [0.1, 0.15) is 5.75 Å². The van der Waals surface area contributed by atoms with Gasteiger partial charge in [-0.3, -0.25) is 9.59 Å². The summed E-state index contributed by atoms with van der Waals surface area (Å²) in [6, 6.07) is 7.55. The summed E-state index contributed by atoms with van der Waals surface area (Å²) in [6.45, 7) is 6.18. The number of rotatable bonds is 4. The molecule has 1 aromatic carbocycles. The number of nitrogens with zero attached hydrogens (tertiary/aromatic N) is 2. The van der Waals surface area contributed by atoms with E-state index in [1.807, 2.05) is 43.0 Å². The highest BCUT2D eigenvalue weighted by atomic mass is 16.5. The molecule has 0 bridgehead atoms. The van der Waals surface area contributed by atoms with Crippen molar-refractivity contribution in [1.82, 2.24) is 9.80 Å². The van der Waals surface area contributed by atoms with E-state index >= 15 is 0 Å². The number of methoxy groups -OCH3 is 1. The third kappa shape index (κ3) is 4.58. The molecule has 2 amide bonds. The standard InChI is InChI=1S/C18H24N2O3/c1-14(2)18(22)20-11-9-19(10-12-20)17(21)8-7-15-5-4-6-16(13-15)23-3/h4-8,13-14H,9-12H2,1-3H3/b8-7+. The molecule has 0 spiro atoms. The van der Waals surface area contributed by atoms with Crippen molar-refractivity contribution in [2.24, 2.45) is 5.92 Å². The molecule has 0 atom stereocenters. The van der Waals surface area contributed by atoms with Crippen molar-refractivity contribution in [3.05, 3.63) is 35.9 Å². The Morgan fingerprint density at radius 2 is 1.78 bits per heavy atom. The van der Waals surface area contributed by atoms with Gasteiger partial charge in [0.05, 0.1) is 7.11 Å². The predicted molar refractivity (Wildman–Crippen MR) is 90.0 cm³/mol. The Balaban J connectivity index is 1.90. The summed E-state index contributed by atoms with van der Waals surface area (Å²) in [7, 11) is 1.62. The number of carbonyl (C=O) groups excluding carboxylic acids is 2. The van der Waals surface area contributed by atoms with Crippen molar-refractivity contribution in [1.29, 1.82) is 0 Å². The van der Waals surface area contributed by atoms with Gasteiger partial charge in [0.2, 0.25) is 11.8 Å². The molecular weight excluding hydrogens is 292 g/mol. The van der Waals surface area contributed by atoms with E-state index in [2.05, 4.69) is 0 Å². The van der Waals surface area contributed by atoms with Crippen molar-refractivity contribution in [3.8, 4) is 5.75 Å². The summed E-state index contributed by atoms with van der Waals surface area (Å²) in [5.41, 5.74) is 0.923. The molecule has 1 aliphatic heterocycles. The van der Waals surface area contributed by atoms with Crippen LogP contribution in [0.5, 0.6) is 5.75 Å².